The number of methoxy groups -OCH3 is 1. The quantitative estimate of drug-likeness (QED) is 0.395. The number of aromatic nitrogens is 3. The van der Waals surface area contributed by atoms with Crippen LogP contribution in [0.3, 0.4) is 0 Å². The van der Waals surface area contributed by atoms with Crippen molar-refractivity contribution in [2.45, 2.75) is 26.1 Å². The SMILES string of the molecule is COc1ccc(-n2c(=O)c3c(n2Cc2ccccc2)CN(Cc2c[nH]c4ccccc24)CC3)cc1. The second-order valence-electron chi connectivity index (χ2n) is 9.10. The van der Waals surface area contributed by atoms with Gasteiger partial charge in [-0.25, -0.2) is 4.68 Å². The highest BCUT2D eigenvalue weighted by Gasteiger charge is 2.27. The fourth-order valence-corrected chi connectivity index (χ4v) is 5.17. The van der Waals surface area contributed by atoms with Gasteiger partial charge in [0.05, 0.1) is 25.0 Å². The first kappa shape index (κ1) is 21.5. The summed E-state index contributed by atoms with van der Waals surface area (Å²) in [5.41, 5.74) is 6.56. The molecule has 6 heteroatoms. The molecule has 0 bridgehead atoms. The Balaban J connectivity index is 1.40. The third-order valence-electron chi connectivity index (χ3n) is 6.96. The van der Waals surface area contributed by atoms with E-state index in [9.17, 15) is 4.79 Å². The molecule has 1 aliphatic heterocycles. The number of nitrogens with one attached hydrogen (secondary N) is 1. The molecule has 0 aliphatic carbocycles. The van der Waals surface area contributed by atoms with E-state index in [1.54, 1.807) is 7.11 Å². The highest BCUT2D eigenvalue weighted by atomic mass is 16.5. The first-order chi connectivity index (χ1) is 17.2. The first-order valence-corrected chi connectivity index (χ1v) is 12.0. The normalized spacial score (nSPS) is 13.7. The van der Waals surface area contributed by atoms with E-state index in [-0.39, 0.29) is 5.56 Å². The standard InChI is InChI=1S/C29H28N4O2/c1-35-24-13-11-23(12-14-24)33-29(34)26-15-16-31(19-22-17-30-27-10-6-5-9-25(22)27)20-28(26)32(33)18-21-7-3-2-4-8-21/h2-14,17,30H,15-16,18-20H2,1H3. The Bertz CT molecular complexity index is 1530. The third kappa shape index (κ3) is 3.96. The maximum atomic E-state index is 13.7. The minimum Gasteiger partial charge on any atom is -0.497 e. The molecule has 35 heavy (non-hydrogen) atoms. The second kappa shape index (κ2) is 8.96. The van der Waals surface area contributed by atoms with E-state index in [0.29, 0.717) is 6.54 Å². The zero-order valence-electron chi connectivity index (χ0n) is 19.8. The van der Waals surface area contributed by atoms with E-state index in [4.69, 9.17) is 4.74 Å². The summed E-state index contributed by atoms with van der Waals surface area (Å²) in [7, 11) is 1.65. The molecule has 1 N–H and O–H groups in total. The van der Waals surface area contributed by atoms with Crippen molar-refractivity contribution in [2.24, 2.45) is 0 Å². The van der Waals surface area contributed by atoms with Gasteiger partial charge in [0.25, 0.3) is 5.56 Å². The average Bonchev–Trinajstić information content (AvgIpc) is 3.43. The number of hydrogen-bond acceptors (Lipinski definition) is 3. The predicted octanol–water partition coefficient (Wildman–Crippen LogP) is 4.74. The number of aromatic amines is 1. The van der Waals surface area contributed by atoms with Crippen LogP contribution in [0.5, 0.6) is 5.75 Å². The lowest BCUT2D eigenvalue weighted by Gasteiger charge is -2.27. The highest BCUT2D eigenvalue weighted by Crippen LogP contribution is 2.25. The zero-order chi connectivity index (χ0) is 23.8. The van der Waals surface area contributed by atoms with Crippen LogP contribution in [0.1, 0.15) is 22.4 Å². The molecule has 6 nitrogen and oxygen atoms in total. The lowest BCUT2D eigenvalue weighted by molar-refractivity contribution is 0.237. The Kier molecular flexibility index (Phi) is 5.51. The fourth-order valence-electron chi connectivity index (χ4n) is 5.17. The monoisotopic (exact) mass is 464 g/mol. The van der Waals surface area contributed by atoms with Gasteiger partial charge in [0.2, 0.25) is 0 Å². The lowest BCUT2D eigenvalue weighted by Crippen LogP contribution is -2.32. The summed E-state index contributed by atoms with van der Waals surface area (Å²) in [6.07, 6.45) is 2.86. The molecular weight excluding hydrogens is 436 g/mol. The molecule has 0 radical (unpaired) electrons. The number of nitrogens with zero attached hydrogens (tertiary/aromatic N) is 3. The summed E-state index contributed by atoms with van der Waals surface area (Å²) in [5.74, 6) is 0.776. The van der Waals surface area contributed by atoms with E-state index >= 15 is 0 Å². The number of benzene rings is 3. The minimum absolute atomic E-state index is 0.0767. The number of rotatable bonds is 6. The van der Waals surface area contributed by atoms with Crippen LogP contribution < -0.4 is 10.3 Å². The van der Waals surface area contributed by atoms with E-state index in [1.165, 1.54) is 16.5 Å². The van der Waals surface area contributed by atoms with Crippen LogP contribution in [0.25, 0.3) is 16.6 Å². The number of fused-ring (bicyclic) bond motifs is 2. The highest BCUT2D eigenvalue weighted by molar-refractivity contribution is 5.82. The van der Waals surface area contributed by atoms with Gasteiger partial charge in [0.1, 0.15) is 5.75 Å². The first-order valence-electron chi connectivity index (χ1n) is 12.0. The third-order valence-corrected chi connectivity index (χ3v) is 6.96. The summed E-state index contributed by atoms with van der Waals surface area (Å²) < 4.78 is 9.34. The molecule has 3 aromatic carbocycles. The topological polar surface area (TPSA) is 55.2 Å². The smallest absolute Gasteiger partial charge is 0.274 e. The Morgan fingerprint density at radius 1 is 0.914 bits per heavy atom. The summed E-state index contributed by atoms with van der Waals surface area (Å²) in [4.78, 5) is 19.5. The maximum absolute atomic E-state index is 13.7. The molecule has 5 aromatic rings. The molecule has 0 saturated carbocycles. The summed E-state index contributed by atoms with van der Waals surface area (Å²) in [5, 5.41) is 1.26. The predicted molar refractivity (Wildman–Crippen MR) is 138 cm³/mol. The van der Waals surface area contributed by atoms with E-state index in [0.717, 1.165) is 54.3 Å². The molecule has 3 heterocycles. The second-order valence-corrected chi connectivity index (χ2v) is 9.10. The molecule has 6 rings (SSSR count). The lowest BCUT2D eigenvalue weighted by atomic mass is 10.1. The van der Waals surface area contributed by atoms with Crippen molar-refractivity contribution in [1.29, 1.82) is 0 Å². The van der Waals surface area contributed by atoms with Crippen molar-refractivity contribution in [3.8, 4) is 11.4 Å². The van der Waals surface area contributed by atoms with Crippen molar-refractivity contribution in [1.82, 2.24) is 19.2 Å². The van der Waals surface area contributed by atoms with Crippen LogP contribution in [-0.2, 0) is 26.1 Å². The number of hydrogen-bond donors (Lipinski definition) is 1. The van der Waals surface area contributed by atoms with Crippen molar-refractivity contribution >= 4 is 10.9 Å². The van der Waals surface area contributed by atoms with Gasteiger partial charge in [0.15, 0.2) is 0 Å². The molecule has 0 spiro atoms. The molecular formula is C29H28N4O2. The van der Waals surface area contributed by atoms with Crippen molar-refractivity contribution < 1.29 is 4.74 Å². The largest absolute Gasteiger partial charge is 0.497 e. The molecule has 0 saturated heterocycles. The number of H-pyrrole nitrogens is 1. The maximum Gasteiger partial charge on any atom is 0.274 e. The van der Waals surface area contributed by atoms with Gasteiger partial charge in [-0.05, 0) is 47.9 Å². The molecule has 0 amide bonds. The van der Waals surface area contributed by atoms with Crippen LogP contribution in [0.4, 0.5) is 0 Å². The molecule has 0 fully saturated rings. The Morgan fingerprint density at radius 2 is 1.69 bits per heavy atom. The van der Waals surface area contributed by atoms with Crippen molar-refractivity contribution in [3.05, 3.63) is 118 Å². The van der Waals surface area contributed by atoms with Gasteiger partial charge in [-0.1, -0.05) is 48.5 Å². The number of para-hydroxylation sites is 1. The number of ether oxygens (including phenoxy) is 1. The Morgan fingerprint density at radius 3 is 2.49 bits per heavy atom. The van der Waals surface area contributed by atoms with Gasteiger partial charge in [-0.2, -0.15) is 0 Å². The summed E-state index contributed by atoms with van der Waals surface area (Å²) in [6, 6.07) is 26.5. The van der Waals surface area contributed by atoms with Gasteiger partial charge >= 0.3 is 0 Å². The van der Waals surface area contributed by atoms with Gasteiger partial charge in [0, 0.05) is 42.3 Å². The van der Waals surface area contributed by atoms with Crippen LogP contribution in [0.15, 0.2) is 89.9 Å². The van der Waals surface area contributed by atoms with Crippen LogP contribution in [-0.4, -0.2) is 32.9 Å². The minimum atomic E-state index is 0.0767. The summed E-state index contributed by atoms with van der Waals surface area (Å²) >= 11 is 0. The van der Waals surface area contributed by atoms with Crippen molar-refractivity contribution in [2.75, 3.05) is 13.7 Å². The van der Waals surface area contributed by atoms with E-state index < -0.39 is 0 Å². The van der Waals surface area contributed by atoms with Crippen molar-refractivity contribution in [3.63, 3.8) is 0 Å². The van der Waals surface area contributed by atoms with E-state index in [1.807, 2.05) is 47.1 Å². The van der Waals surface area contributed by atoms with Gasteiger partial charge < -0.3 is 9.72 Å². The molecule has 2 aromatic heterocycles. The molecule has 176 valence electrons. The van der Waals surface area contributed by atoms with Crippen LogP contribution in [0.2, 0.25) is 0 Å². The Hall–Kier alpha value is -4.03. The fraction of sp³-hybridized carbons (Fsp3) is 0.207. The summed E-state index contributed by atoms with van der Waals surface area (Å²) in [6.45, 7) is 3.08. The molecule has 0 atom stereocenters. The average molecular weight is 465 g/mol. The van der Waals surface area contributed by atoms with E-state index in [2.05, 4.69) is 57.2 Å². The van der Waals surface area contributed by atoms with Gasteiger partial charge in [-0.15, -0.1) is 0 Å². The zero-order valence-corrected chi connectivity index (χ0v) is 19.8. The molecule has 0 unspecified atom stereocenters. The van der Waals surface area contributed by atoms with Crippen LogP contribution in [0, 0.1) is 0 Å². The van der Waals surface area contributed by atoms with Gasteiger partial charge in [-0.3, -0.25) is 14.4 Å². The van der Waals surface area contributed by atoms with Crippen LogP contribution >= 0.6 is 0 Å². The Labute approximate surface area is 204 Å². The molecule has 1 aliphatic rings.